The molecule has 2 aromatic carbocycles. The topological polar surface area (TPSA) is 91.6 Å². The number of nitrogens with one attached hydrogen (secondary N) is 1. The largest absolute Gasteiger partial charge is 0.507 e. The maximum Gasteiger partial charge on any atom is 0.273 e. The molecular weight excluding hydrogens is 478 g/mol. The smallest absolute Gasteiger partial charge is 0.273 e. The van der Waals surface area contributed by atoms with Crippen LogP contribution in [0.4, 0.5) is 0 Å². The van der Waals surface area contributed by atoms with Gasteiger partial charge in [0.25, 0.3) is 5.91 Å². The maximum absolute atomic E-state index is 13.5. The standard InChI is InChI=1S/C28H28ClN3O4/c1-3-4-5-12-35-19-10-8-18(9-11-19)27-24-25(21-15-22(29)17(2)14-23(21)33)30-31-26(24)28(34)32(27)16-20-7-6-13-36-20/h6-11,13-15,27,33H,3-5,12,16H2,1-2H3,(H,30,31). The Morgan fingerprint density at radius 1 is 1.19 bits per heavy atom. The van der Waals surface area contributed by atoms with Crippen LogP contribution in [-0.2, 0) is 6.54 Å². The van der Waals surface area contributed by atoms with Gasteiger partial charge in [0.2, 0.25) is 0 Å². The van der Waals surface area contributed by atoms with E-state index in [-0.39, 0.29) is 18.2 Å². The molecule has 5 rings (SSSR count). The zero-order valence-electron chi connectivity index (χ0n) is 20.3. The van der Waals surface area contributed by atoms with Crippen molar-refractivity contribution in [2.24, 2.45) is 0 Å². The number of hydrogen-bond acceptors (Lipinski definition) is 5. The summed E-state index contributed by atoms with van der Waals surface area (Å²) in [6.45, 7) is 4.94. The van der Waals surface area contributed by atoms with Gasteiger partial charge in [-0.25, -0.2) is 0 Å². The molecule has 0 aliphatic carbocycles. The van der Waals surface area contributed by atoms with Gasteiger partial charge >= 0.3 is 0 Å². The third-order valence-electron chi connectivity index (χ3n) is 6.51. The molecule has 2 aromatic heterocycles. The van der Waals surface area contributed by atoms with Crippen LogP contribution in [0, 0.1) is 6.92 Å². The molecule has 1 aliphatic rings. The van der Waals surface area contributed by atoms with E-state index in [2.05, 4.69) is 17.1 Å². The number of aryl methyl sites for hydroxylation is 1. The minimum absolute atomic E-state index is 0.0534. The van der Waals surface area contributed by atoms with Crippen LogP contribution in [0.2, 0.25) is 5.02 Å². The van der Waals surface area contributed by atoms with Crippen LogP contribution in [0.5, 0.6) is 11.5 Å². The van der Waals surface area contributed by atoms with Crippen molar-refractivity contribution in [1.82, 2.24) is 15.1 Å². The van der Waals surface area contributed by atoms with E-state index < -0.39 is 6.04 Å². The quantitative estimate of drug-likeness (QED) is 0.248. The average molecular weight is 506 g/mol. The molecule has 36 heavy (non-hydrogen) atoms. The lowest BCUT2D eigenvalue weighted by molar-refractivity contribution is 0.0717. The number of amides is 1. The van der Waals surface area contributed by atoms with Crippen molar-refractivity contribution in [3.05, 3.63) is 88.0 Å². The molecule has 1 aliphatic heterocycles. The Balaban J connectivity index is 1.55. The number of ether oxygens (including phenoxy) is 1. The summed E-state index contributed by atoms with van der Waals surface area (Å²) in [7, 11) is 0. The predicted molar refractivity (Wildman–Crippen MR) is 137 cm³/mol. The highest BCUT2D eigenvalue weighted by Gasteiger charge is 2.43. The fourth-order valence-corrected chi connectivity index (χ4v) is 4.79. The molecule has 1 unspecified atom stereocenters. The van der Waals surface area contributed by atoms with Crippen LogP contribution in [0.3, 0.4) is 0 Å². The SMILES string of the molecule is CCCCCOc1ccc(C2c3c(-c4cc(Cl)c(C)cc4O)n[nH]c3C(=O)N2Cc2ccco2)cc1. The van der Waals surface area contributed by atoms with Gasteiger partial charge in [-0.15, -0.1) is 0 Å². The minimum atomic E-state index is -0.444. The van der Waals surface area contributed by atoms with Gasteiger partial charge < -0.3 is 19.2 Å². The third kappa shape index (κ3) is 4.46. The van der Waals surface area contributed by atoms with Crippen molar-refractivity contribution >= 4 is 17.5 Å². The molecule has 0 bridgehead atoms. The molecule has 2 N–H and O–H groups in total. The number of unbranched alkanes of at least 4 members (excludes halogenated alkanes) is 2. The number of furan rings is 1. The van der Waals surface area contributed by atoms with Gasteiger partial charge in [-0.1, -0.05) is 43.5 Å². The maximum atomic E-state index is 13.5. The summed E-state index contributed by atoms with van der Waals surface area (Å²) in [5, 5.41) is 18.6. The second-order valence-corrected chi connectivity index (χ2v) is 9.43. The fourth-order valence-electron chi connectivity index (χ4n) is 4.63. The van der Waals surface area contributed by atoms with Crippen molar-refractivity contribution < 1.29 is 19.1 Å². The van der Waals surface area contributed by atoms with E-state index in [1.165, 1.54) is 0 Å². The van der Waals surface area contributed by atoms with E-state index in [1.807, 2.05) is 37.3 Å². The lowest BCUT2D eigenvalue weighted by Crippen LogP contribution is -2.29. The molecule has 4 aromatic rings. The molecule has 186 valence electrons. The van der Waals surface area contributed by atoms with E-state index >= 15 is 0 Å². The summed E-state index contributed by atoms with van der Waals surface area (Å²) in [4.78, 5) is 15.3. The second-order valence-electron chi connectivity index (χ2n) is 9.02. The first-order valence-corrected chi connectivity index (χ1v) is 12.5. The minimum Gasteiger partial charge on any atom is -0.507 e. The van der Waals surface area contributed by atoms with E-state index in [1.54, 1.807) is 29.4 Å². The van der Waals surface area contributed by atoms with Crippen LogP contribution in [0.15, 0.2) is 59.2 Å². The zero-order chi connectivity index (χ0) is 25.2. The Labute approximate surface area is 214 Å². The number of phenols is 1. The van der Waals surface area contributed by atoms with Crippen LogP contribution < -0.4 is 4.74 Å². The van der Waals surface area contributed by atoms with Gasteiger partial charge in [0.05, 0.1) is 25.5 Å². The predicted octanol–water partition coefficient (Wildman–Crippen LogP) is 6.65. The van der Waals surface area contributed by atoms with E-state index in [0.29, 0.717) is 39.9 Å². The number of nitrogens with zero attached hydrogens (tertiary/aromatic N) is 2. The number of aromatic amines is 1. The summed E-state index contributed by atoms with van der Waals surface area (Å²) in [5.41, 5.74) is 3.69. The van der Waals surface area contributed by atoms with Crippen LogP contribution in [0.25, 0.3) is 11.3 Å². The third-order valence-corrected chi connectivity index (χ3v) is 6.92. The van der Waals surface area contributed by atoms with Gasteiger partial charge in [-0.3, -0.25) is 9.89 Å². The van der Waals surface area contributed by atoms with Crippen LogP contribution in [-0.4, -0.2) is 32.7 Å². The molecular formula is C28H28ClN3O4. The number of benzene rings is 2. The Hall–Kier alpha value is -3.71. The number of aromatic hydroxyl groups is 1. The number of H-pyrrole nitrogens is 1. The van der Waals surface area contributed by atoms with Crippen molar-refractivity contribution in [2.45, 2.75) is 45.7 Å². The monoisotopic (exact) mass is 505 g/mol. The molecule has 0 saturated carbocycles. The molecule has 0 saturated heterocycles. The highest BCUT2D eigenvalue weighted by Crippen LogP contribution is 2.46. The Morgan fingerprint density at radius 2 is 2.00 bits per heavy atom. The lowest BCUT2D eigenvalue weighted by Gasteiger charge is -2.26. The molecule has 8 heteroatoms. The first-order chi connectivity index (χ1) is 17.5. The molecule has 0 fully saturated rings. The fraction of sp³-hybridized carbons (Fsp3) is 0.286. The summed E-state index contributed by atoms with van der Waals surface area (Å²) >= 11 is 6.39. The van der Waals surface area contributed by atoms with Crippen molar-refractivity contribution in [3.63, 3.8) is 0 Å². The molecule has 7 nitrogen and oxygen atoms in total. The van der Waals surface area contributed by atoms with Crippen molar-refractivity contribution in [1.29, 1.82) is 0 Å². The van der Waals surface area contributed by atoms with E-state index in [0.717, 1.165) is 36.1 Å². The Kier molecular flexibility index (Phi) is 6.74. The highest BCUT2D eigenvalue weighted by molar-refractivity contribution is 6.31. The number of carbonyl (C=O) groups is 1. The summed E-state index contributed by atoms with van der Waals surface area (Å²) in [6.07, 6.45) is 4.87. The van der Waals surface area contributed by atoms with Crippen LogP contribution >= 0.6 is 11.6 Å². The number of halogens is 1. The molecule has 0 radical (unpaired) electrons. The second kappa shape index (κ2) is 10.1. The van der Waals surface area contributed by atoms with E-state index in [4.69, 9.17) is 20.8 Å². The van der Waals surface area contributed by atoms with Gasteiger partial charge in [0.1, 0.15) is 28.6 Å². The number of phenolic OH excluding ortho intramolecular Hbond substituents is 1. The highest BCUT2D eigenvalue weighted by atomic mass is 35.5. The zero-order valence-corrected chi connectivity index (χ0v) is 21.0. The van der Waals surface area contributed by atoms with Gasteiger partial charge in [-0.2, -0.15) is 5.10 Å². The van der Waals surface area contributed by atoms with Crippen molar-refractivity contribution in [2.75, 3.05) is 6.61 Å². The molecule has 3 heterocycles. The first kappa shape index (κ1) is 24.0. The number of fused-ring (bicyclic) bond motifs is 1. The Morgan fingerprint density at radius 3 is 2.72 bits per heavy atom. The van der Waals surface area contributed by atoms with E-state index in [9.17, 15) is 9.90 Å². The van der Waals surface area contributed by atoms with Gasteiger partial charge in [-0.05, 0) is 60.9 Å². The summed E-state index contributed by atoms with van der Waals surface area (Å²) < 4.78 is 11.4. The number of rotatable bonds is 9. The van der Waals surface area contributed by atoms with Gasteiger partial charge in [0.15, 0.2) is 0 Å². The Bertz CT molecular complexity index is 1360. The molecule has 1 atom stereocenters. The number of aromatic nitrogens is 2. The molecule has 0 spiro atoms. The first-order valence-electron chi connectivity index (χ1n) is 12.1. The number of hydrogen-bond donors (Lipinski definition) is 2. The van der Waals surface area contributed by atoms with Crippen molar-refractivity contribution in [3.8, 4) is 22.8 Å². The number of carbonyl (C=O) groups excluding carboxylic acids is 1. The summed E-state index contributed by atoms with van der Waals surface area (Å²) in [6, 6.07) is 14.3. The average Bonchev–Trinajstić information content (AvgIpc) is 3.59. The van der Waals surface area contributed by atoms with Crippen LogP contribution in [0.1, 0.15) is 65.2 Å². The normalized spacial score (nSPS) is 14.9. The molecule has 1 amide bonds. The van der Waals surface area contributed by atoms with Gasteiger partial charge in [0, 0.05) is 16.1 Å². The summed E-state index contributed by atoms with van der Waals surface area (Å²) in [5.74, 6) is 1.32. The lowest BCUT2D eigenvalue weighted by atomic mass is 9.95.